The van der Waals surface area contributed by atoms with Gasteiger partial charge in [0.2, 0.25) is 29.5 Å². The van der Waals surface area contributed by atoms with Gasteiger partial charge in [-0.1, -0.05) is 118 Å². The largest absolute Gasteiger partial charge is 0.480 e. The van der Waals surface area contributed by atoms with Crippen LogP contribution in [0.3, 0.4) is 0 Å². The molecule has 25 nitrogen and oxygen atoms in total. The first-order chi connectivity index (χ1) is 44.9. The number of unbranched alkanes of at least 4 members (excludes halogenated alkanes) is 2. The van der Waals surface area contributed by atoms with E-state index in [2.05, 4.69) is 21.3 Å². The number of hydrogen-bond acceptors (Lipinski definition) is 15. The van der Waals surface area contributed by atoms with Crippen LogP contribution in [0.25, 0.3) is 0 Å². The maximum atomic E-state index is 14.9. The third-order valence-electron chi connectivity index (χ3n) is 18.3. The van der Waals surface area contributed by atoms with E-state index < -0.39 is 96.0 Å². The van der Waals surface area contributed by atoms with Crippen LogP contribution in [-0.2, 0) is 75.2 Å². The highest BCUT2D eigenvalue weighted by molar-refractivity contribution is 6.12. The Morgan fingerprint density at radius 2 is 1.38 bits per heavy atom. The Balaban J connectivity index is 1.38. The Morgan fingerprint density at radius 1 is 0.726 bits per heavy atom. The van der Waals surface area contributed by atoms with Gasteiger partial charge >= 0.3 is 18.1 Å². The van der Waals surface area contributed by atoms with E-state index in [1.807, 2.05) is 33.8 Å². The fourth-order valence-corrected chi connectivity index (χ4v) is 12.7. The van der Waals surface area contributed by atoms with E-state index in [1.165, 1.54) is 38.3 Å². The number of carbonyl (C=O) groups is 12. The minimum Gasteiger partial charge on any atom is -0.480 e. The van der Waals surface area contributed by atoms with Gasteiger partial charge in [-0.15, -0.1) is 0 Å². The first-order valence-electron chi connectivity index (χ1n) is 33.4. The highest BCUT2D eigenvalue weighted by Crippen LogP contribution is 2.32. The predicted octanol–water partition coefficient (Wildman–Crippen LogP) is 6.83. The Labute approximate surface area is 560 Å². The Bertz CT molecular complexity index is 2940. The van der Waals surface area contributed by atoms with Crippen LogP contribution >= 0.6 is 0 Å². The van der Waals surface area contributed by atoms with E-state index in [0.717, 1.165) is 10.5 Å². The Morgan fingerprint density at radius 3 is 1.95 bits per heavy atom. The van der Waals surface area contributed by atoms with Crippen molar-refractivity contribution >= 4 is 76.7 Å². The number of nitrogens with one attached hydrogen (secondary N) is 4. The molecule has 1 fully saturated rings. The lowest BCUT2D eigenvalue weighted by Gasteiger charge is -2.41. The summed E-state index contributed by atoms with van der Waals surface area (Å²) in [7, 11) is 6.08. The smallest absolute Gasteiger partial charge is 0.410 e. The molecule has 526 valence electrons. The molecule has 4 rings (SSSR count). The number of aliphatic carboxylic acids is 1. The number of imide groups is 1. The van der Waals surface area contributed by atoms with Crippen LogP contribution in [0.5, 0.6) is 0 Å². The first-order valence-corrected chi connectivity index (χ1v) is 33.4. The van der Waals surface area contributed by atoms with E-state index in [9.17, 15) is 62.6 Å². The van der Waals surface area contributed by atoms with Gasteiger partial charge in [0.1, 0.15) is 12.6 Å². The van der Waals surface area contributed by atoms with Crippen molar-refractivity contribution in [1.29, 1.82) is 0 Å². The van der Waals surface area contributed by atoms with Crippen molar-refractivity contribution in [3.05, 3.63) is 77.9 Å². The van der Waals surface area contributed by atoms with E-state index in [1.54, 1.807) is 100.0 Å². The van der Waals surface area contributed by atoms with Gasteiger partial charge in [-0.2, -0.15) is 0 Å². The molecule has 2 aliphatic rings. The minimum absolute atomic E-state index is 0.0802. The van der Waals surface area contributed by atoms with Crippen molar-refractivity contribution in [2.24, 2.45) is 47.2 Å². The molecule has 10 amide bonds. The number of urea groups is 1. The SMILES string of the molecule is CCC(C)C(C(CC(=O)N1CCCC1C(OC)C(C)C(=O)NC(Cc1ccccc1)C(=O)O)OC)N(C)C(=O)C(CC(=O)C(C(C)C)N(C)C(=O)OCc1ccc(NC(=O)C(CCCNC(N)=O)CC(=O)C(NC(=O)CCCCCN2C(=O)C=CC2=O)C(C)C)cc1)C(C)C. The van der Waals surface area contributed by atoms with Gasteiger partial charge in [0, 0.05) is 103 Å². The summed E-state index contributed by atoms with van der Waals surface area (Å²) < 4.78 is 17.7. The molecule has 95 heavy (non-hydrogen) atoms. The van der Waals surface area contributed by atoms with Gasteiger partial charge in [0.25, 0.3) is 11.8 Å². The van der Waals surface area contributed by atoms with Crippen LogP contribution in [-0.4, -0.2) is 186 Å². The fourth-order valence-electron chi connectivity index (χ4n) is 12.7. The number of likely N-dealkylation sites (N-methyl/N-ethyl adjacent to an activating group) is 2. The second kappa shape index (κ2) is 39.1. The number of anilines is 1. The van der Waals surface area contributed by atoms with Crippen LogP contribution in [0.4, 0.5) is 15.3 Å². The normalized spacial score (nSPS) is 17.0. The fraction of sp³-hybridized carbons (Fsp3) is 0.629. The van der Waals surface area contributed by atoms with Gasteiger partial charge in [0.05, 0.1) is 48.7 Å². The number of ether oxygens (including phenoxy) is 3. The van der Waals surface area contributed by atoms with Crippen LogP contribution < -0.4 is 27.0 Å². The molecule has 2 aromatic carbocycles. The van der Waals surface area contributed by atoms with E-state index in [4.69, 9.17) is 19.9 Å². The third-order valence-corrected chi connectivity index (χ3v) is 18.3. The van der Waals surface area contributed by atoms with Crippen molar-refractivity contribution < 1.29 is 76.9 Å². The number of Topliss-reactive ketones (excluding diaryl/α,β-unsaturated/α-hetero) is 2. The summed E-state index contributed by atoms with van der Waals surface area (Å²) in [6.45, 7) is 17.0. The van der Waals surface area contributed by atoms with E-state index >= 15 is 0 Å². The highest BCUT2D eigenvalue weighted by Gasteiger charge is 2.44. The lowest BCUT2D eigenvalue weighted by atomic mass is 9.83. The quantitative estimate of drug-likeness (QED) is 0.0293. The van der Waals surface area contributed by atoms with Crippen LogP contribution in [0.2, 0.25) is 0 Å². The number of ketones is 2. The number of likely N-dealkylation sites (tertiary alicyclic amines) is 1. The van der Waals surface area contributed by atoms with E-state index in [0.29, 0.717) is 62.7 Å². The first kappa shape index (κ1) is 79.4. The molecular weight excluding hydrogens is 1220 g/mol. The van der Waals surface area contributed by atoms with Crippen LogP contribution in [0.1, 0.15) is 150 Å². The summed E-state index contributed by atoms with van der Waals surface area (Å²) in [5.74, 6) is -8.31. The maximum absolute atomic E-state index is 14.9. The molecule has 0 spiro atoms. The molecule has 2 aromatic rings. The summed E-state index contributed by atoms with van der Waals surface area (Å²) >= 11 is 0. The van der Waals surface area contributed by atoms with Gasteiger partial charge in [0.15, 0.2) is 11.6 Å². The highest BCUT2D eigenvalue weighted by atomic mass is 16.6. The van der Waals surface area contributed by atoms with Gasteiger partial charge in [-0.05, 0) is 85.5 Å². The molecule has 0 saturated carbocycles. The van der Waals surface area contributed by atoms with Crippen molar-refractivity contribution in [3.63, 3.8) is 0 Å². The lowest BCUT2D eigenvalue weighted by Crippen LogP contribution is -2.55. The predicted molar refractivity (Wildman–Crippen MR) is 356 cm³/mol. The van der Waals surface area contributed by atoms with Crippen molar-refractivity contribution in [3.8, 4) is 0 Å². The molecule has 7 N–H and O–H groups in total. The standard InChI is InChI=1S/C70H105N9O16/c1-14-45(8)63(56(93-12)40-60(85)78-36-22-26-53(78)64(94-13)46(9)65(86)74-52(68(89)90)37-47-23-17-15-18-24-47)76(10)67(88)51(42(2)3)39-55(81)62(44(6)7)77(11)70(92)95-41-48-28-30-50(31-29-48)73-66(87)49(25-21-34-72-69(71)91)38-54(80)61(43(4)5)75-57(82)27-19-16-20-35-79-58(83)32-33-59(79)84/h15,17-18,23-24,28-33,42-46,49,51-53,56,61-64H,14,16,19-22,25-27,34-41H2,1-13H3,(H,73,87)(H,74,86)(H,75,82)(H,89,90)(H3,71,72,91). The number of amides is 10. The summed E-state index contributed by atoms with van der Waals surface area (Å²) in [4.78, 5) is 165. The molecule has 1 saturated heterocycles. The zero-order valence-corrected chi connectivity index (χ0v) is 57.9. The molecule has 25 heteroatoms. The maximum Gasteiger partial charge on any atom is 0.410 e. The molecule has 0 bridgehead atoms. The summed E-state index contributed by atoms with van der Waals surface area (Å²) in [6.07, 6.45) is 3.59. The minimum atomic E-state index is -1.19. The van der Waals surface area contributed by atoms with Crippen molar-refractivity contribution in [1.82, 2.24) is 35.6 Å². The summed E-state index contributed by atoms with van der Waals surface area (Å²) in [5, 5.41) is 20.9. The van der Waals surface area contributed by atoms with E-state index in [-0.39, 0.29) is 117 Å². The number of carboxylic acid groups (broad SMARTS) is 1. The van der Waals surface area contributed by atoms with Gasteiger partial charge in [-0.3, -0.25) is 48.1 Å². The number of benzene rings is 2. The number of nitrogens with two attached hydrogens (primary N) is 1. The van der Waals surface area contributed by atoms with Gasteiger partial charge < -0.3 is 61.0 Å². The Hall–Kier alpha value is -8.06. The molecule has 11 atom stereocenters. The number of primary amides is 1. The summed E-state index contributed by atoms with van der Waals surface area (Å²) in [6, 6.07) is 10.5. The molecule has 11 unspecified atom stereocenters. The number of methoxy groups -OCH3 is 2. The number of hydrogen-bond donors (Lipinski definition) is 6. The molecule has 2 heterocycles. The van der Waals surface area contributed by atoms with Crippen molar-refractivity contribution in [2.75, 3.05) is 53.3 Å². The second-order valence-electron chi connectivity index (χ2n) is 26.3. The molecule has 0 radical (unpaired) electrons. The lowest BCUT2D eigenvalue weighted by molar-refractivity contribution is -0.149. The third kappa shape index (κ3) is 24.0. The summed E-state index contributed by atoms with van der Waals surface area (Å²) in [5.41, 5.74) is 6.93. The Kier molecular flexibility index (Phi) is 32.7. The van der Waals surface area contributed by atoms with Crippen LogP contribution in [0.15, 0.2) is 66.7 Å². The zero-order valence-electron chi connectivity index (χ0n) is 57.9. The second-order valence-corrected chi connectivity index (χ2v) is 26.3. The number of nitrogens with zero attached hydrogens (tertiary/aromatic N) is 4. The average Bonchev–Trinajstić information content (AvgIpc) is 1.81. The topological polar surface area (TPSA) is 340 Å². The van der Waals surface area contributed by atoms with Gasteiger partial charge in [-0.25, -0.2) is 14.4 Å². The number of rotatable bonds is 41. The number of carboxylic acids is 1. The van der Waals surface area contributed by atoms with Crippen molar-refractivity contribution in [2.45, 2.75) is 195 Å². The monoisotopic (exact) mass is 1330 g/mol. The molecule has 0 aliphatic carbocycles. The molecular formula is C70H105N9O16. The van der Waals surface area contributed by atoms with Crippen LogP contribution in [0, 0.1) is 41.4 Å². The zero-order chi connectivity index (χ0) is 70.8. The molecule has 0 aromatic heterocycles. The molecule has 2 aliphatic heterocycles. The number of carbonyl (C=O) groups excluding carboxylic acids is 11. The average molecular weight is 1330 g/mol.